The molecule has 1 amide bonds. The number of rotatable bonds is 2. The second kappa shape index (κ2) is 5.01. The van der Waals surface area contributed by atoms with Gasteiger partial charge in [-0.15, -0.1) is 11.3 Å². The first-order valence-corrected chi connectivity index (χ1v) is 6.98. The number of hydrogen-bond donors (Lipinski definition) is 1. The summed E-state index contributed by atoms with van der Waals surface area (Å²) >= 11 is 3.44. The SMILES string of the molecule is NC(C(=O)N1CCSCC1)c1cccs1. The van der Waals surface area contributed by atoms with Gasteiger partial charge in [0.05, 0.1) is 0 Å². The fourth-order valence-corrected chi connectivity index (χ4v) is 3.19. The molecule has 1 aliphatic rings. The quantitative estimate of drug-likeness (QED) is 0.851. The highest BCUT2D eigenvalue weighted by Crippen LogP contribution is 2.20. The monoisotopic (exact) mass is 242 g/mol. The van der Waals surface area contributed by atoms with Crippen LogP contribution in [0.4, 0.5) is 0 Å². The summed E-state index contributed by atoms with van der Waals surface area (Å²) in [4.78, 5) is 14.8. The van der Waals surface area contributed by atoms with E-state index in [4.69, 9.17) is 5.73 Å². The van der Waals surface area contributed by atoms with Gasteiger partial charge < -0.3 is 10.6 Å². The summed E-state index contributed by atoms with van der Waals surface area (Å²) in [5.41, 5.74) is 5.93. The van der Waals surface area contributed by atoms with Crippen molar-refractivity contribution in [2.24, 2.45) is 5.73 Å². The highest BCUT2D eigenvalue weighted by Gasteiger charge is 2.24. The Labute approximate surface area is 97.6 Å². The molecule has 15 heavy (non-hydrogen) atoms. The second-order valence-electron chi connectivity index (χ2n) is 3.43. The van der Waals surface area contributed by atoms with E-state index in [0.717, 1.165) is 29.5 Å². The highest BCUT2D eigenvalue weighted by molar-refractivity contribution is 7.99. The summed E-state index contributed by atoms with van der Waals surface area (Å²) in [5.74, 6) is 2.13. The maximum absolute atomic E-state index is 12.0. The minimum Gasteiger partial charge on any atom is -0.339 e. The van der Waals surface area contributed by atoms with E-state index >= 15 is 0 Å². The van der Waals surface area contributed by atoms with Gasteiger partial charge in [-0.1, -0.05) is 6.07 Å². The Morgan fingerprint density at radius 3 is 2.80 bits per heavy atom. The smallest absolute Gasteiger partial charge is 0.244 e. The van der Waals surface area contributed by atoms with Gasteiger partial charge in [-0.25, -0.2) is 0 Å². The average Bonchev–Trinajstić information content (AvgIpc) is 2.82. The lowest BCUT2D eigenvalue weighted by molar-refractivity contribution is -0.132. The van der Waals surface area contributed by atoms with Crippen LogP contribution in [0.25, 0.3) is 0 Å². The van der Waals surface area contributed by atoms with Crippen LogP contribution in [-0.4, -0.2) is 35.4 Å². The van der Waals surface area contributed by atoms with Gasteiger partial charge in [0, 0.05) is 29.5 Å². The molecular formula is C10H14N2OS2. The molecule has 2 heterocycles. The molecule has 5 heteroatoms. The summed E-state index contributed by atoms with van der Waals surface area (Å²) in [6, 6.07) is 3.39. The lowest BCUT2D eigenvalue weighted by Crippen LogP contribution is -2.42. The standard InChI is InChI=1S/C10H14N2OS2/c11-9(8-2-1-5-15-8)10(13)12-3-6-14-7-4-12/h1-2,5,9H,3-4,6-7,11H2. The van der Waals surface area contributed by atoms with Crippen LogP contribution in [0.5, 0.6) is 0 Å². The summed E-state index contributed by atoms with van der Waals surface area (Å²) < 4.78 is 0. The first-order valence-electron chi connectivity index (χ1n) is 4.94. The number of nitrogens with two attached hydrogens (primary N) is 1. The molecule has 1 aromatic heterocycles. The molecule has 2 rings (SSSR count). The Kier molecular flexibility index (Phi) is 3.66. The molecular weight excluding hydrogens is 228 g/mol. The molecule has 82 valence electrons. The van der Waals surface area contributed by atoms with Crippen molar-refractivity contribution in [1.29, 1.82) is 0 Å². The summed E-state index contributed by atoms with van der Waals surface area (Å²) in [6.07, 6.45) is 0. The minimum absolute atomic E-state index is 0.0674. The fraction of sp³-hybridized carbons (Fsp3) is 0.500. The van der Waals surface area contributed by atoms with Gasteiger partial charge in [0.1, 0.15) is 6.04 Å². The third-order valence-electron chi connectivity index (χ3n) is 2.44. The van der Waals surface area contributed by atoms with Crippen molar-refractivity contribution in [3.63, 3.8) is 0 Å². The zero-order valence-corrected chi connectivity index (χ0v) is 10.0. The topological polar surface area (TPSA) is 46.3 Å². The first kappa shape index (κ1) is 11.0. The van der Waals surface area contributed by atoms with Crippen LogP contribution in [0.15, 0.2) is 17.5 Å². The van der Waals surface area contributed by atoms with E-state index in [1.165, 1.54) is 0 Å². The largest absolute Gasteiger partial charge is 0.339 e. The molecule has 1 fully saturated rings. The van der Waals surface area contributed by atoms with Crippen molar-refractivity contribution in [1.82, 2.24) is 4.90 Å². The molecule has 1 saturated heterocycles. The second-order valence-corrected chi connectivity index (χ2v) is 5.63. The van der Waals surface area contributed by atoms with Gasteiger partial charge in [-0.2, -0.15) is 11.8 Å². The number of carbonyl (C=O) groups is 1. The van der Waals surface area contributed by atoms with Gasteiger partial charge in [0.2, 0.25) is 5.91 Å². The molecule has 2 N–H and O–H groups in total. The normalized spacial score (nSPS) is 18.9. The molecule has 0 aromatic carbocycles. The molecule has 0 bridgehead atoms. The Hall–Kier alpha value is -0.520. The van der Waals surface area contributed by atoms with Crippen LogP contribution in [-0.2, 0) is 4.79 Å². The highest BCUT2D eigenvalue weighted by atomic mass is 32.2. The van der Waals surface area contributed by atoms with Crippen LogP contribution in [0, 0.1) is 0 Å². The molecule has 1 unspecified atom stereocenters. The van der Waals surface area contributed by atoms with Crippen LogP contribution in [0.3, 0.4) is 0 Å². The van der Waals surface area contributed by atoms with Gasteiger partial charge in [-0.3, -0.25) is 4.79 Å². The number of hydrogen-bond acceptors (Lipinski definition) is 4. The van der Waals surface area contributed by atoms with E-state index in [-0.39, 0.29) is 5.91 Å². The number of carbonyl (C=O) groups excluding carboxylic acids is 1. The molecule has 0 saturated carbocycles. The Morgan fingerprint density at radius 1 is 1.47 bits per heavy atom. The van der Waals surface area contributed by atoms with Crippen LogP contribution >= 0.6 is 23.1 Å². The van der Waals surface area contributed by atoms with Crippen molar-refractivity contribution < 1.29 is 4.79 Å². The van der Waals surface area contributed by atoms with Crippen molar-refractivity contribution >= 4 is 29.0 Å². The van der Waals surface area contributed by atoms with Crippen molar-refractivity contribution in [3.05, 3.63) is 22.4 Å². The summed E-state index contributed by atoms with van der Waals surface area (Å²) in [7, 11) is 0. The number of thiophene rings is 1. The third-order valence-corrected chi connectivity index (χ3v) is 4.34. The molecule has 0 radical (unpaired) electrons. The summed E-state index contributed by atoms with van der Waals surface area (Å²) in [5, 5.41) is 1.95. The number of nitrogens with zero attached hydrogens (tertiary/aromatic N) is 1. The molecule has 1 aliphatic heterocycles. The van der Waals surface area contributed by atoms with E-state index in [1.54, 1.807) is 11.3 Å². The average molecular weight is 242 g/mol. The molecule has 0 spiro atoms. The van der Waals surface area contributed by atoms with Crippen LogP contribution in [0.1, 0.15) is 10.9 Å². The Bertz CT molecular complexity index is 320. The van der Waals surface area contributed by atoms with Gasteiger partial charge >= 0.3 is 0 Å². The van der Waals surface area contributed by atoms with Crippen molar-refractivity contribution in [3.8, 4) is 0 Å². The van der Waals surface area contributed by atoms with Crippen LogP contribution < -0.4 is 5.73 Å². The van der Waals surface area contributed by atoms with Crippen molar-refractivity contribution in [2.75, 3.05) is 24.6 Å². The molecule has 0 aliphatic carbocycles. The fourth-order valence-electron chi connectivity index (χ4n) is 1.57. The first-order chi connectivity index (χ1) is 7.29. The third kappa shape index (κ3) is 2.53. The summed E-state index contributed by atoms with van der Waals surface area (Å²) in [6.45, 7) is 1.67. The van der Waals surface area contributed by atoms with Gasteiger partial charge in [0.15, 0.2) is 0 Å². The number of thioether (sulfide) groups is 1. The van der Waals surface area contributed by atoms with Gasteiger partial charge in [0.25, 0.3) is 0 Å². The predicted octanol–water partition coefficient (Wildman–Crippen LogP) is 1.32. The maximum atomic E-state index is 12.0. The predicted molar refractivity (Wildman–Crippen MR) is 65.2 cm³/mol. The Balaban J connectivity index is 2.00. The van der Waals surface area contributed by atoms with E-state index in [1.807, 2.05) is 34.2 Å². The van der Waals surface area contributed by atoms with E-state index in [0.29, 0.717) is 0 Å². The van der Waals surface area contributed by atoms with Crippen LogP contribution in [0.2, 0.25) is 0 Å². The van der Waals surface area contributed by atoms with E-state index in [9.17, 15) is 4.79 Å². The zero-order valence-electron chi connectivity index (χ0n) is 8.39. The lowest BCUT2D eigenvalue weighted by Gasteiger charge is -2.28. The van der Waals surface area contributed by atoms with E-state index < -0.39 is 6.04 Å². The lowest BCUT2D eigenvalue weighted by atomic mass is 10.2. The Morgan fingerprint density at radius 2 is 2.20 bits per heavy atom. The molecule has 3 nitrogen and oxygen atoms in total. The minimum atomic E-state index is -0.465. The van der Waals surface area contributed by atoms with E-state index in [2.05, 4.69) is 0 Å². The molecule has 1 aromatic rings. The zero-order chi connectivity index (χ0) is 10.7. The maximum Gasteiger partial charge on any atom is 0.244 e. The van der Waals surface area contributed by atoms with Crippen molar-refractivity contribution in [2.45, 2.75) is 6.04 Å². The van der Waals surface area contributed by atoms with Gasteiger partial charge in [-0.05, 0) is 11.4 Å². The number of amides is 1. The molecule has 1 atom stereocenters.